The van der Waals surface area contributed by atoms with Crippen molar-refractivity contribution in [1.82, 2.24) is 0 Å². The van der Waals surface area contributed by atoms with E-state index in [4.69, 9.17) is 33.2 Å². The van der Waals surface area contributed by atoms with E-state index >= 15 is 0 Å². The number of rotatable bonds is 6. The van der Waals surface area contributed by atoms with Crippen LogP contribution in [-0.4, -0.2) is 26.0 Å². The normalized spacial score (nSPS) is 12.6. The number of aliphatic imine (C=N–C) groups is 1. The summed E-state index contributed by atoms with van der Waals surface area (Å²) in [5, 5.41) is -0.477. The summed E-state index contributed by atoms with van der Waals surface area (Å²) >= 11 is 5.93. The molecule has 0 radical (unpaired) electrons. The Bertz CT molecular complexity index is 1190. The zero-order valence-corrected chi connectivity index (χ0v) is 21.4. The number of allylic oxidation sites excluding steroid dienone is 2. The highest BCUT2D eigenvalue weighted by Crippen LogP contribution is 2.43. The average molecular weight is 521 g/mol. The van der Waals surface area contributed by atoms with Crippen molar-refractivity contribution in [3.05, 3.63) is 81.4 Å². The molecule has 0 fully saturated rings. The third-order valence-electron chi connectivity index (χ3n) is 4.85. The number of benzene rings is 2. The summed E-state index contributed by atoms with van der Waals surface area (Å²) in [5.41, 5.74) is 4.45. The third-order valence-corrected chi connectivity index (χ3v) is 5.16. The minimum absolute atomic E-state index is 0.0124. The summed E-state index contributed by atoms with van der Waals surface area (Å²) in [5.74, 6) is 1.72. The highest BCUT2D eigenvalue weighted by atomic mass is 35.5. The molecule has 0 aliphatic carbocycles. The molecule has 0 unspecified atom stereocenters. The number of carbonyl (C=O) groups is 1. The van der Waals surface area contributed by atoms with E-state index in [9.17, 15) is 18.0 Å². The average Bonchev–Trinajstić information content (AvgIpc) is 2.85. The quantitative estimate of drug-likeness (QED) is 0.118. The van der Waals surface area contributed by atoms with Crippen LogP contribution >= 0.6 is 11.6 Å². The molecule has 36 heavy (non-hydrogen) atoms. The lowest BCUT2D eigenvalue weighted by molar-refractivity contribution is -0.137. The Hall–Kier alpha value is -3.70. The van der Waals surface area contributed by atoms with Gasteiger partial charge in [-0.05, 0) is 44.0 Å². The van der Waals surface area contributed by atoms with E-state index in [0.717, 1.165) is 18.7 Å². The first-order valence-corrected chi connectivity index (χ1v) is 11.0. The van der Waals surface area contributed by atoms with Crippen LogP contribution in [0.4, 0.5) is 13.2 Å². The molecule has 2 aromatic carbocycles. The molecule has 2 aromatic rings. The van der Waals surface area contributed by atoms with Crippen molar-refractivity contribution in [3.8, 4) is 12.3 Å². The Balaban J connectivity index is 0.00000118. The second-order valence-corrected chi connectivity index (χ2v) is 7.70. The molecular formula is C27H28ClF3N2O3. The summed E-state index contributed by atoms with van der Waals surface area (Å²) < 4.78 is 52.3. The van der Waals surface area contributed by atoms with Crippen molar-refractivity contribution >= 4 is 34.7 Å². The molecular weight excluding hydrogens is 493 g/mol. The molecule has 0 heterocycles. The summed E-state index contributed by atoms with van der Waals surface area (Å²) in [6.45, 7) is 4.82. The van der Waals surface area contributed by atoms with Crippen LogP contribution in [0, 0.1) is 12.3 Å². The number of hydrogen-bond acceptors (Lipinski definition) is 4. The van der Waals surface area contributed by atoms with Crippen molar-refractivity contribution in [3.63, 3.8) is 0 Å². The van der Waals surface area contributed by atoms with Crippen LogP contribution in [0.25, 0.3) is 11.3 Å². The van der Waals surface area contributed by atoms with Crippen LogP contribution in [0.3, 0.4) is 0 Å². The van der Waals surface area contributed by atoms with Gasteiger partial charge in [-0.1, -0.05) is 53.9 Å². The van der Waals surface area contributed by atoms with Gasteiger partial charge in [0.25, 0.3) is 0 Å². The summed E-state index contributed by atoms with van der Waals surface area (Å²) in [6, 6.07) is 11.4. The number of esters is 1. The number of terminal acetylenes is 1. The fourth-order valence-corrected chi connectivity index (χ4v) is 3.20. The zero-order valence-electron chi connectivity index (χ0n) is 20.7. The maximum atomic E-state index is 13.9. The molecule has 0 bridgehead atoms. The summed E-state index contributed by atoms with van der Waals surface area (Å²) in [7, 11) is 2.78. The van der Waals surface area contributed by atoms with Gasteiger partial charge >= 0.3 is 12.1 Å². The molecule has 0 saturated carbocycles. The van der Waals surface area contributed by atoms with Gasteiger partial charge in [-0.25, -0.2) is 4.79 Å². The van der Waals surface area contributed by atoms with Crippen LogP contribution in [-0.2, 0) is 27.1 Å². The maximum absolute atomic E-state index is 13.9. The number of carbonyl (C=O) groups excluding carboxylic acids is 1. The number of hydrogen-bond donors (Lipinski definition) is 1. The predicted octanol–water partition coefficient (Wildman–Crippen LogP) is 6.51. The van der Waals surface area contributed by atoms with Gasteiger partial charge in [0.2, 0.25) is 0 Å². The molecule has 0 spiro atoms. The maximum Gasteiger partial charge on any atom is 0.418 e. The minimum Gasteiger partial charge on any atom is -0.487 e. The third kappa shape index (κ3) is 8.21. The molecule has 9 heteroatoms. The van der Waals surface area contributed by atoms with E-state index in [1.165, 1.54) is 19.1 Å². The SMILES string of the molecule is C#C/C(C(=O)OC)=C(/OCc1ccccc1)c1ccc(Cl)c(C(F)(F)F)c1/C(C)=C\C.CN=C(C)N. The smallest absolute Gasteiger partial charge is 0.418 e. The fraction of sp³-hybridized carbons (Fsp3) is 0.259. The monoisotopic (exact) mass is 520 g/mol. The first-order chi connectivity index (χ1) is 16.9. The van der Waals surface area contributed by atoms with Crippen LogP contribution in [0.5, 0.6) is 0 Å². The van der Waals surface area contributed by atoms with Gasteiger partial charge in [-0.15, -0.1) is 6.42 Å². The number of halogens is 4. The number of nitrogens with zero attached hydrogens (tertiary/aromatic N) is 1. The Kier molecular flexibility index (Phi) is 11.8. The topological polar surface area (TPSA) is 73.9 Å². The lowest BCUT2D eigenvalue weighted by Crippen LogP contribution is -2.14. The van der Waals surface area contributed by atoms with E-state index in [2.05, 4.69) is 10.9 Å². The van der Waals surface area contributed by atoms with Crippen molar-refractivity contribution in [2.45, 2.75) is 33.6 Å². The van der Waals surface area contributed by atoms with Crippen molar-refractivity contribution in [2.24, 2.45) is 10.7 Å². The van der Waals surface area contributed by atoms with Gasteiger partial charge in [0.1, 0.15) is 6.61 Å². The number of nitrogens with two attached hydrogens (primary N) is 1. The number of amidine groups is 1. The molecule has 0 aromatic heterocycles. The van der Waals surface area contributed by atoms with Gasteiger partial charge in [0.05, 0.1) is 23.5 Å². The number of methoxy groups -OCH3 is 1. The van der Waals surface area contributed by atoms with Gasteiger partial charge < -0.3 is 15.2 Å². The summed E-state index contributed by atoms with van der Waals surface area (Å²) in [6.07, 6.45) is 2.27. The molecule has 0 aliphatic heterocycles. The second kappa shape index (κ2) is 14.0. The Morgan fingerprint density at radius 2 is 1.78 bits per heavy atom. The van der Waals surface area contributed by atoms with Gasteiger partial charge in [0, 0.05) is 18.2 Å². The lowest BCUT2D eigenvalue weighted by Gasteiger charge is -2.22. The van der Waals surface area contributed by atoms with Gasteiger partial charge in [-0.2, -0.15) is 13.2 Å². The van der Waals surface area contributed by atoms with Crippen molar-refractivity contribution in [1.29, 1.82) is 0 Å². The highest BCUT2D eigenvalue weighted by Gasteiger charge is 2.38. The van der Waals surface area contributed by atoms with E-state index in [-0.39, 0.29) is 34.6 Å². The van der Waals surface area contributed by atoms with Gasteiger partial charge in [-0.3, -0.25) is 4.99 Å². The Morgan fingerprint density at radius 3 is 2.22 bits per heavy atom. The molecule has 2 N–H and O–H groups in total. The Morgan fingerprint density at radius 1 is 1.19 bits per heavy atom. The van der Waals surface area contributed by atoms with Crippen LogP contribution in [0.2, 0.25) is 5.02 Å². The first kappa shape index (κ1) is 30.3. The molecule has 5 nitrogen and oxygen atoms in total. The van der Waals surface area contributed by atoms with E-state index in [1.54, 1.807) is 45.2 Å². The van der Waals surface area contributed by atoms with Crippen LogP contribution < -0.4 is 5.73 Å². The number of ether oxygens (including phenoxy) is 2. The van der Waals surface area contributed by atoms with Crippen LogP contribution in [0.1, 0.15) is 43.0 Å². The molecule has 2 rings (SSSR count). The fourth-order valence-electron chi connectivity index (χ4n) is 2.93. The summed E-state index contributed by atoms with van der Waals surface area (Å²) in [4.78, 5) is 15.9. The second-order valence-electron chi connectivity index (χ2n) is 7.29. The van der Waals surface area contributed by atoms with E-state index < -0.39 is 22.7 Å². The standard InChI is InChI=1S/C24H20ClF3O3.C3H8N2/c1-5-15(3)20-18(12-13-19(25)21(20)24(26,27)28)22(17(6-2)23(29)30-4)31-14-16-10-8-7-9-11-16;1-3(4)5-2/h2,5,7-13H,14H2,1,3-4H3;1-2H3,(H2,4,5)/b15-5-,22-17-;. The van der Waals surface area contributed by atoms with Gasteiger partial charge in [0.15, 0.2) is 11.3 Å². The predicted molar refractivity (Wildman–Crippen MR) is 138 cm³/mol. The molecule has 0 atom stereocenters. The Labute approximate surface area is 214 Å². The van der Waals surface area contributed by atoms with Crippen LogP contribution in [0.15, 0.2) is 59.1 Å². The molecule has 0 saturated heterocycles. The largest absolute Gasteiger partial charge is 0.487 e. The first-order valence-electron chi connectivity index (χ1n) is 10.6. The van der Waals surface area contributed by atoms with Crippen molar-refractivity contribution < 1.29 is 27.4 Å². The highest BCUT2D eigenvalue weighted by molar-refractivity contribution is 6.31. The van der Waals surface area contributed by atoms with E-state index in [0.29, 0.717) is 5.84 Å². The van der Waals surface area contributed by atoms with Crippen molar-refractivity contribution in [2.75, 3.05) is 14.2 Å². The molecule has 0 aliphatic rings. The zero-order chi connectivity index (χ0) is 27.5. The minimum atomic E-state index is -4.75. The van der Waals surface area contributed by atoms with E-state index in [1.807, 2.05) is 6.07 Å². The number of alkyl halides is 3. The lowest BCUT2D eigenvalue weighted by atomic mass is 9.92. The molecule has 192 valence electrons. The molecule has 0 amide bonds.